The molecule has 1 N–H and O–H groups in total. The van der Waals surface area contributed by atoms with Gasteiger partial charge in [0.15, 0.2) is 18.1 Å². The van der Waals surface area contributed by atoms with Gasteiger partial charge < -0.3 is 19.5 Å². The summed E-state index contributed by atoms with van der Waals surface area (Å²) < 4.78 is 16.7. The predicted octanol–water partition coefficient (Wildman–Crippen LogP) is 5.14. The van der Waals surface area contributed by atoms with E-state index in [0.717, 1.165) is 22.2 Å². The zero-order valence-electron chi connectivity index (χ0n) is 20.4. The van der Waals surface area contributed by atoms with Crippen molar-refractivity contribution in [3.63, 3.8) is 0 Å². The molecule has 0 unspecified atom stereocenters. The van der Waals surface area contributed by atoms with Gasteiger partial charge in [0.2, 0.25) is 0 Å². The highest BCUT2D eigenvalue weighted by molar-refractivity contribution is 8.18. The third-order valence-corrected chi connectivity index (χ3v) is 6.29. The van der Waals surface area contributed by atoms with Gasteiger partial charge in [0, 0.05) is 11.3 Å². The van der Waals surface area contributed by atoms with Crippen molar-refractivity contribution in [3.8, 4) is 17.2 Å². The molecule has 1 aliphatic rings. The van der Waals surface area contributed by atoms with E-state index in [9.17, 15) is 14.4 Å². The number of hydrogen-bond acceptors (Lipinski definition) is 7. The zero-order chi connectivity index (χ0) is 26.2. The summed E-state index contributed by atoms with van der Waals surface area (Å²) in [4.78, 5) is 39.2. The first kappa shape index (κ1) is 25.8. The normalized spacial score (nSPS) is 14.1. The van der Waals surface area contributed by atoms with E-state index in [0.29, 0.717) is 28.5 Å². The quantitative estimate of drug-likeness (QED) is 0.372. The second kappa shape index (κ2) is 12.1. The molecule has 0 radical (unpaired) electrons. The Bertz CT molecular complexity index is 1340. The van der Waals surface area contributed by atoms with E-state index in [1.807, 2.05) is 37.3 Å². The van der Waals surface area contributed by atoms with Crippen molar-refractivity contribution in [2.24, 2.45) is 0 Å². The van der Waals surface area contributed by atoms with E-state index < -0.39 is 5.91 Å². The van der Waals surface area contributed by atoms with Gasteiger partial charge in [-0.05, 0) is 60.7 Å². The van der Waals surface area contributed by atoms with Crippen molar-refractivity contribution in [3.05, 3.63) is 88.8 Å². The number of carbonyl (C=O) groups excluding carboxylic acids is 3. The molecule has 3 aromatic rings. The fourth-order valence-electron chi connectivity index (χ4n) is 3.61. The van der Waals surface area contributed by atoms with Gasteiger partial charge in [0.1, 0.15) is 12.4 Å². The zero-order valence-corrected chi connectivity index (χ0v) is 21.2. The number of thioether (sulfide) groups is 1. The van der Waals surface area contributed by atoms with Crippen LogP contribution in [0.3, 0.4) is 0 Å². The van der Waals surface area contributed by atoms with Crippen LogP contribution in [-0.4, -0.2) is 48.8 Å². The second-order valence-electron chi connectivity index (χ2n) is 8.08. The molecule has 8 nitrogen and oxygen atoms in total. The molecule has 3 aromatic carbocycles. The molecule has 3 amide bonds. The summed E-state index contributed by atoms with van der Waals surface area (Å²) in [6.07, 6.45) is 1.60. The number of carbonyl (C=O) groups is 3. The lowest BCUT2D eigenvalue weighted by Gasteiger charge is -2.14. The molecule has 1 saturated heterocycles. The van der Waals surface area contributed by atoms with Gasteiger partial charge in [-0.25, -0.2) is 0 Å². The van der Waals surface area contributed by atoms with Gasteiger partial charge in [-0.2, -0.15) is 0 Å². The summed E-state index contributed by atoms with van der Waals surface area (Å²) >= 11 is 0.850. The van der Waals surface area contributed by atoms with E-state index in [1.54, 1.807) is 55.7 Å². The van der Waals surface area contributed by atoms with Gasteiger partial charge in [-0.15, -0.1) is 0 Å². The number of rotatable bonds is 10. The minimum Gasteiger partial charge on any atom is -0.493 e. The number of anilines is 1. The third kappa shape index (κ3) is 6.71. The van der Waals surface area contributed by atoms with Crippen LogP contribution in [0.5, 0.6) is 17.2 Å². The minimum atomic E-state index is -0.411. The first-order valence-electron chi connectivity index (χ1n) is 11.5. The van der Waals surface area contributed by atoms with Crippen LogP contribution in [0.4, 0.5) is 10.5 Å². The average Bonchev–Trinajstić information content (AvgIpc) is 3.15. The van der Waals surface area contributed by atoms with Crippen LogP contribution >= 0.6 is 11.8 Å². The van der Waals surface area contributed by atoms with Crippen molar-refractivity contribution in [2.75, 3.05) is 32.2 Å². The number of amides is 3. The molecule has 4 rings (SSSR count). The van der Waals surface area contributed by atoms with Gasteiger partial charge in [-0.1, -0.05) is 42.5 Å². The summed E-state index contributed by atoms with van der Waals surface area (Å²) in [6.45, 7) is 1.96. The van der Waals surface area contributed by atoms with Crippen LogP contribution in [-0.2, 0) is 9.59 Å². The van der Waals surface area contributed by atoms with Crippen LogP contribution in [0.2, 0.25) is 0 Å². The molecule has 0 saturated carbocycles. The van der Waals surface area contributed by atoms with Crippen LogP contribution < -0.4 is 19.5 Å². The average molecular weight is 519 g/mol. The Labute approximate surface area is 219 Å². The Morgan fingerprint density at radius 2 is 1.68 bits per heavy atom. The number of imide groups is 1. The summed E-state index contributed by atoms with van der Waals surface area (Å²) in [5, 5.41) is 2.42. The Hall–Kier alpha value is -4.24. The summed E-state index contributed by atoms with van der Waals surface area (Å²) in [5.41, 5.74) is 2.30. The minimum absolute atomic E-state index is 0.0946. The number of nitrogens with one attached hydrogen (secondary N) is 1. The SMILES string of the molecule is COc1ccccc1OCCN1C(=O)S/C(=C\c2ccccc2OCC(=O)Nc2cccc(C)c2)C1=O. The van der Waals surface area contributed by atoms with Crippen molar-refractivity contribution in [2.45, 2.75) is 6.92 Å². The van der Waals surface area contributed by atoms with E-state index in [-0.39, 0.29) is 35.8 Å². The number of para-hydroxylation sites is 3. The number of hydrogen-bond donors (Lipinski definition) is 1. The summed E-state index contributed by atoms with van der Waals surface area (Å²) in [6, 6.07) is 21.6. The second-order valence-corrected chi connectivity index (χ2v) is 9.07. The molecular weight excluding hydrogens is 492 g/mol. The number of methoxy groups -OCH3 is 1. The smallest absolute Gasteiger partial charge is 0.293 e. The first-order chi connectivity index (χ1) is 17.9. The lowest BCUT2D eigenvalue weighted by molar-refractivity contribution is -0.123. The standard InChI is InChI=1S/C28H26N2O6S/c1-19-8-7-10-21(16-19)29-26(31)18-36-22-11-4-3-9-20(22)17-25-27(32)30(28(33)37-25)14-15-35-24-13-6-5-12-23(24)34-2/h3-13,16-17H,14-15,18H2,1-2H3,(H,29,31)/b25-17-. The lowest BCUT2D eigenvalue weighted by Crippen LogP contribution is -2.32. The summed E-state index contributed by atoms with van der Waals surface area (Å²) in [7, 11) is 1.54. The van der Waals surface area contributed by atoms with Gasteiger partial charge in [0.05, 0.1) is 18.6 Å². The highest BCUT2D eigenvalue weighted by Gasteiger charge is 2.35. The molecule has 1 aliphatic heterocycles. The Kier molecular flexibility index (Phi) is 8.48. The van der Waals surface area contributed by atoms with Gasteiger partial charge in [-0.3, -0.25) is 19.3 Å². The topological polar surface area (TPSA) is 94.2 Å². The molecule has 9 heteroatoms. The van der Waals surface area contributed by atoms with Crippen LogP contribution in [0.1, 0.15) is 11.1 Å². The lowest BCUT2D eigenvalue weighted by atomic mass is 10.2. The Morgan fingerprint density at radius 3 is 2.43 bits per heavy atom. The summed E-state index contributed by atoms with van der Waals surface area (Å²) in [5.74, 6) is 0.806. The van der Waals surface area contributed by atoms with E-state index >= 15 is 0 Å². The largest absolute Gasteiger partial charge is 0.493 e. The monoisotopic (exact) mass is 518 g/mol. The fraction of sp³-hybridized carbons (Fsp3) is 0.179. The van der Waals surface area contributed by atoms with E-state index in [2.05, 4.69) is 5.32 Å². The maximum Gasteiger partial charge on any atom is 0.293 e. The third-order valence-electron chi connectivity index (χ3n) is 5.38. The first-order valence-corrected chi connectivity index (χ1v) is 12.4. The highest BCUT2D eigenvalue weighted by Crippen LogP contribution is 2.34. The molecular formula is C28H26N2O6S. The van der Waals surface area contributed by atoms with Crippen molar-refractivity contribution < 1.29 is 28.6 Å². The number of ether oxygens (including phenoxy) is 3. The van der Waals surface area contributed by atoms with Crippen LogP contribution in [0.25, 0.3) is 6.08 Å². The Balaban J connectivity index is 1.37. The molecule has 190 valence electrons. The van der Waals surface area contributed by atoms with Crippen LogP contribution in [0, 0.1) is 6.92 Å². The van der Waals surface area contributed by atoms with Gasteiger partial charge >= 0.3 is 0 Å². The molecule has 0 aliphatic carbocycles. The molecule has 37 heavy (non-hydrogen) atoms. The number of nitrogens with zero attached hydrogens (tertiary/aromatic N) is 1. The van der Waals surface area contributed by atoms with Crippen molar-refractivity contribution >= 4 is 40.6 Å². The fourth-order valence-corrected chi connectivity index (χ4v) is 4.47. The van der Waals surface area contributed by atoms with Crippen molar-refractivity contribution in [1.29, 1.82) is 0 Å². The Morgan fingerprint density at radius 1 is 0.946 bits per heavy atom. The van der Waals surface area contributed by atoms with Crippen molar-refractivity contribution in [1.82, 2.24) is 4.90 Å². The molecule has 0 aromatic heterocycles. The van der Waals surface area contributed by atoms with Gasteiger partial charge in [0.25, 0.3) is 17.1 Å². The molecule has 1 heterocycles. The van der Waals surface area contributed by atoms with Crippen LogP contribution in [0.15, 0.2) is 77.7 Å². The molecule has 0 atom stereocenters. The number of benzene rings is 3. The maximum absolute atomic E-state index is 12.9. The van der Waals surface area contributed by atoms with E-state index in [1.165, 1.54) is 0 Å². The highest BCUT2D eigenvalue weighted by atomic mass is 32.2. The molecule has 0 bridgehead atoms. The molecule has 1 fully saturated rings. The molecule has 0 spiro atoms. The van der Waals surface area contributed by atoms with E-state index in [4.69, 9.17) is 14.2 Å². The maximum atomic E-state index is 12.9. The predicted molar refractivity (Wildman–Crippen MR) is 143 cm³/mol. The number of aryl methyl sites for hydroxylation is 1.